The van der Waals surface area contributed by atoms with E-state index in [2.05, 4.69) is 0 Å². The van der Waals surface area contributed by atoms with Crippen molar-refractivity contribution in [2.75, 3.05) is 13.2 Å². The minimum absolute atomic E-state index is 0.158. The highest BCUT2D eigenvalue weighted by molar-refractivity contribution is 5.91. The highest BCUT2D eigenvalue weighted by Crippen LogP contribution is 2.33. The molecule has 14 nitrogen and oxygen atoms in total. The topological polar surface area (TPSA) is 179 Å². The predicted molar refractivity (Wildman–Crippen MR) is 165 cm³/mol. The number of aliphatic hydroxyl groups is 1. The van der Waals surface area contributed by atoms with E-state index in [0.29, 0.717) is 0 Å². The third-order valence-corrected chi connectivity index (χ3v) is 7.48. The number of hydrogen-bond donors (Lipinski definition) is 1. The standard InChI is InChI=1S/C35H34O14/c1-20(36)44-27-25(19-43-34(41)29(27)45-21(2)37)46-35-30(49-33(40)24-16-10-5-11-17-24)28(48-32(39)23-14-8-4-9-15-23)26(47-35)18-42-31(38)22-12-6-3-7-13-22/h3-17,25-30,34-35,41H,18-19H2,1-2H3/t25-,26-,27-,28+,29+,30+,34-,35-/m0/s1. The van der Waals surface area contributed by atoms with E-state index < -0.39 is 92.3 Å². The Balaban J connectivity index is 1.47. The van der Waals surface area contributed by atoms with Crippen LogP contribution in [-0.2, 0) is 47.5 Å². The molecule has 0 aliphatic carbocycles. The zero-order valence-electron chi connectivity index (χ0n) is 26.4. The fourth-order valence-electron chi connectivity index (χ4n) is 5.25. The molecule has 2 saturated heterocycles. The van der Waals surface area contributed by atoms with Gasteiger partial charge in [-0.2, -0.15) is 0 Å². The molecule has 2 fully saturated rings. The van der Waals surface area contributed by atoms with E-state index in [9.17, 15) is 29.1 Å². The molecule has 0 bridgehead atoms. The van der Waals surface area contributed by atoms with E-state index in [-0.39, 0.29) is 16.7 Å². The molecule has 49 heavy (non-hydrogen) atoms. The smallest absolute Gasteiger partial charge is 0.338 e. The number of rotatable bonds is 11. The second-order valence-corrected chi connectivity index (χ2v) is 11.0. The van der Waals surface area contributed by atoms with Crippen LogP contribution < -0.4 is 0 Å². The van der Waals surface area contributed by atoms with E-state index in [0.717, 1.165) is 13.8 Å². The van der Waals surface area contributed by atoms with Crippen molar-refractivity contribution in [3.05, 3.63) is 108 Å². The number of carbonyl (C=O) groups is 5. The van der Waals surface area contributed by atoms with E-state index in [1.54, 1.807) is 66.7 Å². The Morgan fingerprint density at radius 2 is 1.10 bits per heavy atom. The van der Waals surface area contributed by atoms with Gasteiger partial charge in [-0.3, -0.25) is 9.59 Å². The fraction of sp³-hybridized carbons (Fsp3) is 0.343. The Bertz CT molecular complexity index is 1600. The van der Waals surface area contributed by atoms with Gasteiger partial charge in [0, 0.05) is 13.8 Å². The summed E-state index contributed by atoms with van der Waals surface area (Å²) in [7, 11) is 0. The molecule has 0 amide bonds. The zero-order valence-corrected chi connectivity index (χ0v) is 26.4. The van der Waals surface area contributed by atoms with Crippen LogP contribution in [0.3, 0.4) is 0 Å². The van der Waals surface area contributed by atoms with E-state index in [4.69, 9.17) is 37.9 Å². The van der Waals surface area contributed by atoms with Crippen LogP contribution in [0.25, 0.3) is 0 Å². The summed E-state index contributed by atoms with van der Waals surface area (Å²) in [6.07, 6.45) is -11.5. The van der Waals surface area contributed by atoms with E-state index >= 15 is 0 Å². The van der Waals surface area contributed by atoms with Crippen molar-refractivity contribution in [1.82, 2.24) is 0 Å². The summed E-state index contributed by atoms with van der Waals surface area (Å²) in [5.41, 5.74) is 0.579. The number of carbonyl (C=O) groups excluding carboxylic acids is 5. The predicted octanol–water partition coefficient (Wildman–Crippen LogP) is 2.62. The quantitative estimate of drug-likeness (QED) is 0.231. The molecule has 2 heterocycles. The van der Waals surface area contributed by atoms with Crippen molar-refractivity contribution >= 4 is 29.8 Å². The average Bonchev–Trinajstić information content (AvgIpc) is 3.41. The summed E-state index contributed by atoms with van der Waals surface area (Å²) in [4.78, 5) is 63.5. The largest absolute Gasteiger partial charge is 0.459 e. The van der Waals surface area contributed by atoms with Gasteiger partial charge in [-0.05, 0) is 36.4 Å². The lowest BCUT2D eigenvalue weighted by Gasteiger charge is -2.40. The third-order valence-electron chi connectivity index (χ3n) is 7.48. The minimum Gasteiger partial charge on any atom is -0.459 e. The Labute approximate surface area is 280 Å². The molecule has 5 rings (SSSR count). The molecule has 0 radical (unpaired) electrons. The van der Waals surface area contributed by atoms with Gasteiger partial charge in [-0.1, -0.05) is 54.6 Å². The maximum absolute atomic E-state index is 13.4. The van der Waals surface area contributed by atoms with Crippen LogP contribution in [-0.4, -0.2) is 97.4 Å². The lowest BCUT2D eigenvalue weighted by atomic mass is 10.0. The van der Waals surface area contributed by atoms with Crippen LogP contribution in [0.4, 0.5) is 0 Å². The third kappa shape index (κ3) is 9.06. The number of esters is 5. The van der Waals surface area contributed by atoms with E-state index in [1.165, 1.54) is 24.3 Å². The van der Waals surface area contributed by atoms with Gasteiger partial charge in [0.25, 0.3) is 0 Å². The highest BCUT2D eigenvalue weighted by Gasteiger charge is 2.54. The molecule has 3 aromatic carbocycles. The maximum atomic E-state index is 13.4. The summed E-state index contributed by atoms with van der Waals surface area (Å²) in [5.74, 6) is -3.91. The number of hydrogen-bond acceptors (Lipinski definition) is 14. The summed E-state index contributed by atoms with van der Waals surface area (Å²) in [6, 6.07) is 24.1. The number of aliphatic hydroxyl groups excluding tert-OH is 1. The zero-order chi connectivity index (χ0) is 34.9. The molecule has 8 atom stereocenters. The normalized spacial score (nSPS) is 26.2. The van der Waals surface area contributed by atoms with Gasteiger partial charge in [0.2, 0.25) is 0 Å². The van der Waals surface area contributed by atoms with Crippen LogP contribution in [0.5, 0.6) is 0 Å². The Morgan fingerprint density at radius 3 is 1.61 bits per heavy atom. The van der Waals surface area contributed by atoms with Crippen LogP contribution in [0.1, 0.15) is 44.9 Å². The first-order valence-corrected chi connectivity index (χ1v) is 15.3. The first kappa shape index (κ1) is 35.2. The molecule has 258 valence electrons. The van der Waals surface area contributed by atoms with Gasteiger partial charge in [0.15, 0.2) is 37.0 Å². The van der Waals surface area contributed by atoms with Gasteiger partial charge < -0.3 is 43.0 Å². The van der Waals surface area contributed by atoms with Crippen LogP contribution in [0.15, 0.2) is 91.0 Å². The molecule has 1 N–H and O–H groups in total. The van der Waals surface area contributed by atoms with Crippen molar-refractivity contribution in [2.45, 2.75) is 63.1 Å². The molecule has 0 saturated carbocycles. The van der Waals surface area contributed by atoms with Crippen LogP contribution >= 0.6 is 0 Å². The molecular weight excluding hydrogens is 644 g/mol. The number of ether oxygens (including phenoxy) is 8. The molecule has 0 aromatic heterocycles. The first-order chi connectivity index (χ1) is 23.6. The molecule has 0 spiro atoms. The maximum Gasteiger partial charge on any atom is 0.338 e. The van der Waals surface area contributed by atoms with Gasteiger partial charge in [-0.25, -0.2) is 14.4 Å². The van der Waals surface area contributed by atoms with Crippen LogP contribution in [0, 0.1) is 0 Å². The number of benzene rings is 3. The molecule has 3 aromatic rings. The van der Waals surface area contributed by atoms with Gasteiger partial charge >= 0.3 is 29.8 Å². The van der Waals surface area contributed by atoms with Gasteiger partial charge in [-0.15, -0.1) is 0 Å². The molecule has 2 aliphatic rings. The van der Waals surface area contributed by atoms with Gasteiger partial charge in [0.1, 0.15) is 18.8 Å². The van der Waals surface area contributed by atoms with Gasteiger partial charge in [0.05, 0.1) is 23.3 Å². The Morgan fingerprint density at radius 1 is 0.633 bits per heavy atom. The van der Waals surface area contributed by atoms with Crippen molar-refractivity contribution in [3.63, 3.8) is 0 Å². The first-order valence-electron chi connectivity index (χ1n) is 15.3. The van der Waals surface area contributed by atoms with Crippen molar-refractivity contribution in [1.29, 1.82) is 0 Å². The summed E-state index contributed by atoms with van der Waals surface area (Å²) >= 11 is 0. The lowest BCUT2D eigenvalue weighted by molar-refractivity contribution is -0.297. The van der Waals surface area contributed by atoms with Crippen molar-refractivity contribution in [2.24, 2.45) is 0 Å². The lowest BCUT2D eigenvalue weighted by Crippen LogP contribution is -2.58. The molecule has 2 aliphatic heterocycles. The van der Waals surface area contributed by atoms with E-state index in [1.807, 2.05) is 0 Å². The molecule has 14 heteroatoms. The average molecular weight is 679 g/mol. The Hall–Kier alpha value is -5.15. The SMILES string of the molecule is CC(=O)O[C@@H]1[C@@H](OC(C)=O)[C@@H](O)OC[C@@H]1O[C@H]1O[C@@H](COC(=O)c2ccccc2)[C@@H](OC(=O)c2ccccc2)[C@H]1OC(=O)c1ccccc1. The van der Waals surface area contributed by atoms with Crippen molar-refractivity contribution < 1.29 is 67.0 Å². The second-order valence-electron chi connectivity index (χ2n) is 11.0. The summed E-state index contributed by atoms with van der Waals surface area (Å²) in [5, 5.41) is 10.4. The summed E-state index contributed by atoms with van der Waals surface area (Å²) in [6.45, 7) is 1.34. The minimum atomic E-state index is -1.67. The molecular formula is C35H34O14. The fourth-order valence-corrected chi connectivity index (χ4v) is 5.25. The second kappa shape index (κ2) is 16.3. The highest BCUT2D eigenvalue weighted by atomic mass is 16.8. The summed E-state index contributed by atoms with van der Waals surface area (Å²) < 4.78 is 45.5. The monoisotopic (exact) mass is 678 g/mol. The van der Waals surface area contributed by atoms with Crippen LogP contribution in [0.2, 0.25) is 0 Å². The Kier molecular flexibility index (Phi) is 11.7. The van der Waals surface area contributed by atoms with Crippen molar-refractivity contribution in [3.8, 4) is 0 Å². The molecule has 0 unspecified atom stereocenters.